The summed E-state index contributed by atoms with van der Waals surface area (Å²) in [6.45, 7) is 3.73. The molecule has 0 aliphatic carbocycles. The lowest BCUT2D eigenvalue weighted by atomic mass is 10.1. The van der Waals surface area contributed by atoms with E-state index >= 15 is 0 Å². The molecule has 7 heteroatoms. The minimum Gasteiger partial charge on any atom is -0.480 e. The van der Waals surface area contributed by atoms with Crippen molar-refractivity contribution in [2.45, 2.75) is 50.7 Å². The van der Waals surface area contributed by atoms with Crippen molar-refractivity contribution in [2.24, 2.45) is 5.92 Å². The Balaban J connectivity index is 3.97. The number of carboxylic acids is 1. The molecule has 0 spiro atoms. The van der Waals surface area contributed by atoms with Crippen LogP contribution < -0.4 is 0 Å². The highest BCUT2D eigenvalue weighted by Gasteiger charge is 2.39. The highest BCUT2D eigenvalue weighted by molar-refractivity contribution is 8.00. The van der Waals surface area contributed by atoms with Crippen molar-refractivity contribution in [3.8, 4) is 0 Å². The Morgan fingerprint density at radius 1 is 1.33 bits per heavy atom. The Hall–Kier alpha value is -0.460. The summed E-state index contributed by atoms with van der Waals surface area (Å²) in [7, 11) is 0. The molecule has 0 radical (unpaired) electrons. The van der Waals surface area contributed by atoms with Gasteiger partial charge in [0.25, 0.3) is 0 Å². The summed E-state index contributed by atoms with van der Waals surface area (Å²) in [4.78, 5) is 10.8. The fourth-order valence-corrected chi connectivity index (χ4v) is 2.57. The summed E-state index contributed by atoms with van der Waals surface area (Å²) in [5, 5.41) is 8.22. The van der Waals surface area contributed by atoms with Crippen molar-refractivity contribution < 1.29 is 27.5 Å². The van der Waals surface area contributed by atoms with Gasteiger partial charge in [0, 0.05) is 6.42 Å². The number of hydrogen-bond donors (Lipinski definition) is 1. The summed E-state index contributed by atoms with van der Waals surface area (Å²) < 4.78 is 48.8. The van der Waals surface area contributed by atoms with Crippen LogP contribution in [-0.2, 0) is 4.79 Å². The molecule has 0 saturated heterocycles. The van der Waals surface area contributed by atoms with E-state index in [2.05, 4.69) is 0 Å². The van der Waals surface area contributed by atoms with E-state index in [0.717, 1.165) is 11.8 Å². The van der Waals surface area contributed by atoms with Crippen molar-refractivity contribution in [2.75, 3.05) is 5.75 Å². The van der Waals surface area contributed by atoms with E-state index in [4.69, 9.17) is 5.11 Å². The van der Waals surface area contributed by atoms with Crippen molar-refractivity contribution in [3.63, 3.8) is 0 Å². The molecule has 2 nitrogen and oxygen atoms in total. The number of alkyl halides is 4. The van der Waals surface area contributed by atoms with Crippen LogP contribution in [0.25, 0.3) is 0 Å². The molecule has 0 aromatic heterocycles. The summed E-state index contributed by atoms with van der Waals surface area (Å²) in [6, 6.07) is 0. The fourth-order valence-electron chi connectivity index (χ4n) is 1.31. The van der Waals surface area contributed by atoms with Crippen LogP contribution in [0.5, 0.6) is 0 Å². The van der Waals surface area contributed by atoms with Gasteiger partial charge in [-0.1, -0.05) is 13.8 Å². The zero-order valence-electron chi connectivity index (χ0n) is 10.3. The maximum Gasteiger partial charge on any atom is 0.316 e. The summed E-state index contributed by atoms with van der Waals surface area (Å²) in [6.07, 6.45) is -4.26. The van der Waals surface area contributed by atoms with Crippen LogP contribution in [0.1, 0.15) is 33.1 Å². The van der Waals surface area contributed by atoms with Crippen molar-refractivity contribution >= 4 is 17.7 Å². The Morgan fingerprint density at radius 2 is 1.89 bits per heavy atom. The normalized spacial score (nSPS) is 14.2. The predicted molar refractivity (Wildman–Crippen MR) is 63.5 cm³/mol. The zero-order valence-corrected chi connectivity index (χ0v) is 11.2. The van der Waals surface area contributed by atoms with E-state index in [9.17, 15) is 22.4 Å². The Kier molecular flexibility index (Phi) is 7.66. The lowest BCUT2D eigenvalue weighted by molar-refractivity contribution is -0.136. The lowest BCUT2D eigenvalue weighted by Gasteiger charge is -2.16. The zero-order chi connectivity index (χ0) is 14.3. The van der Waals surface area contributed by atoms with Crippen LogP contribution in [0.15, 0.2) is 0 Å². The fraction of sp³-hybridized carbons (Fsp3) is 0.909. The van der Waals surface area contributed by atoms with Crippen molar-refractivity contribution in [1.82, 2.24) is 0 Å². The van der Waals surface area contributed by atoms with E-state index in [0.29, 0.717) is 6.42 Å². The second-order valence-corrected chi connectivity index (χ2v) is 5.80. The first-order valence-corrected chi connectivity index (χ1v) is 6.72. The minimum absolute atomic E-state index is 0.121. The minimum atomic E-state index is -3.97. The van der Waals surface area contributed by atoms with Gasteiger partial charge in [0.05, 0.1) is 0 Å². The molecule has 0 saturated carbocycles. The third-order valence-electron chi connectivity index (χ3n) is 2.25. The topological polar surface area (TPSA) is 37.3 Å². The van der Waals surface area contributed by atoms with Gasteiger partial charge in [-0.15, -0.1) is 11.8 Å². The van der Waals surface area contributed by atoms with E-state index in [-0.39, 0.29) is 18.1 Å². The van der Waals surface area contributed by atoms with Crippen LogP contribution in [0.4, 0.5) is 17.6 Å². The summed E-state index contributed by atoms with van der Waals surface area (Å²) in [5.41, 5.74) is 0. The highest BCUT2D eigenvalue weighted by atomic mass is 32.2. The maximum atomic E-state index is 12.6. The van der Waals surface area contributed by atoms with Gasteiger partial charge in [-0.3, -0.25) is 4.79 Å². The summed E-state index contributed by atoms with van der Waals surface area (Å²) in [5.74, 6) is -4.64. The maximum absolute atomic E-state index is 12.6. The van der Waals surface area contributed by atoms with Gasteiger partial charge >= 0.3 is 18.3 Å². The molecule has 0 aromatic carbocycles. The van der Waals surface area contributed by atoms with Gasteiger partial charge in [0.2, 0.25) is 0 Å². The van der Waals surface area contributed by atoms with Crippen LogP contribution in [0.3, 0.4) is 0 Å². The Labute approximate surface area is 108 Å². The lowest BCUT2D eigenvalue weighted by Crippen LogP contribution is -2.26. The van der Waals surface area contributed by atoms with Gasteiger partial charge in [-0.2, -0.15) is 0 Å². The molecule has 0 heterocycles. The number of halogens is 4. The smallest absolute Gasteiger partial charge is 0.316 e. The molecular formula is C11H18F4O2S. The number of aliphatic carboxylic acids is 1. The number of thioether (sulfide) groups is 1. The molecule has 0 bridgehead atoms. The van der Waals surface area contributed by atoms with E-state index in [1.54, 1.807) is 0 Å². The van der Waals surface area contributed by atoms with Gasteiger partial charge < -0.3 is 5.11 Å². The number of rotatable bonds is 9. The molecule has 0 amide bonds. The highest BCUT2D eigenvalue weighted by Crippen LogP contribution is 2.29. The number of carboxylic acid groups (broad SMARTS) is 1. The third-order valence-corrected chi connectivity index (χ3v) is 3.57. The first-order valence-electron chi connectivity index (χ1n) is 5.67. The molecule has 0 aromatic rings. The van der Waals surface area contributed by atoms with Crippen LogP contribution in [0.2, 0.25) is 0 Å². The van der Waals surface area contributed by atoms with Crippen LogP contribution in [0, 0.1) is 5.92 Å². The van der Waals surface area contributed by atoms with E-state index < -0.39 is 30.0 Å². The standard InChI is InChI=1S/C11H18F4O2S/c1-7(2)6-8(9(16)17)18-5-3-4-11(14,15)10(12)13/h7-8,10H,3-6H2,1-2H3,(H,16,17). The second kappa shape index (κ2) is 7.86. The number of hydrogen-bond acceptors (Lipinski definition) is 2. The van der Waals surface area contributed by atoms with Gasteiger partial charge in [0.15, 0.2) is 0 Å². The SMILES string of the molecule is CC(C)CC(SCCCC(F)(F)C(F)F)C(=O)O. The monoisotopic (exact) mass is 290 g/mol. The Bertz CT molecular complexity index is 259. The molecule has 108 valence electrons. The summed E-state index contributed by atoms with van der Waals surface area (Å²) >= 11 is 1.03. The molecule has 1 atom stereocenters. The average molecular weight is 290 g/mol. The number of carbonyl (C=O) groups is 1. The van der Waals surface area contributed by atoms with Gasteiger partial charge in [0.1, 0.15) is 5.25 Å². The van der Waals surface area contributed by atoms with Crippen molar-refractivity contribution in [1.29, 1.82) is 0 Å². The van der Waals surface area contributed by atoms with Gasteiger partial charge in [-0.25, -0.2) is 17.6 Å². The quantitative estimate of drug-likeness (QED) is 0.517. The van der Waals surface area contributed by atoms with Crippen LogP contribution in [-0.4, -0.2) is 34.4 Å². The largest absolute Gasteiger partial charge is 0.480 e. The van der Waals surface area contributed by atoms with Crippen LogP contribution >= 0.6 is 11.8 Å². The molecule has 1 unspecified atom stereocenters. The molecule has 18 heavy (non-hydrogen) atoms. The molecule has 0 aliphatic rings. The second-order valence-electron chi connectivity index (χ2n) is 4.49. The average Bonchev–Trinajstić information content (AvgIpc) is 2.21. The first kappa shape index (κ1) is 17.5. The third kappa shape index (κ3) is 7.08. The molecule has 0 rings (SSSR count). The first-order chi connectivity index (χ1) is 8.16. The molecule has 1 N–H and O–H groups in total. The predicted octanol–water partition coefficient (Wildman–Crippen LogP) is 3.90. The Morgan fingerprint density at radius 3 is 2.28 bits per heavy atom. The van der Waals surface area contributed by atoms with Crippen molar-refractivity contribution in [3.05, 3.63) is 0 Å². The molecule has 0 fully saturated rings. The van der Waals surface area contributed by atoms with E-state index in [1.807, 2.05) is 13.8 Å². The molecule has 0 aliphatic heterocycles. The van der Waals surface area contributed by atoms with E-state index in [1.165, 1.54) is 0 Å². The molecular weight excluding hydrogens is 272 g/mol. The van der Waals surface area contributed by atoms with Gasteiger partial charge in [-0.05, 0) is 24.5 Å².